The highest BCUT2D eigenvalue weighted by Crippen LogP contribution is 2.21. The third kappa shape index (κ3) is 3.43. The molecule has 0 atom stereocenters. The van der Waals surface area contributed by atoms with Gasteiger partial charge in [0.15, 0.2) is 0 Å². The van der Waals surface area contributed by atoms with Gasteiger partial charge in [-0.3, -0.25) is 9.48 Å². The summed E-state index contributed by atoms with van der Waals surface area (Å²) in [5.74, 6) is -0.879. The zero-order chi connectivity index (χ0) is 14.5. The van der Waals surface area contributed by atoms with E-state index < -0.39 is 11.7 Å². The topological polar surface area (TPSA) is 56.1 Å². The predicted octanol–water partition coefficient (Wildman–Crippen LogP) is 2.68. The number of carbonyl (C=O) groups excluding carboxylic acids is 1. The molecule has 0 saturated heterocycles. The maximum Gasteiger partial charge on any atom is 0.257 e. The number of hydrogen-bond donors (Lipinski definition) is 1. The second-order valence-electron chi connectivity index (χ2n) is 4.04. The van der Waals surface area contributed by atoms with Gasteiger partial charge in [0.25, 0.3) is 5.91 Å². The van der Waals surface area contributed by atoms with Gasteiger partial charge in [0.1, 0.15) is 5.82 Å². The maximum atomic E-state index is 13.4. The van der Waals surface area contributed by atoms with Crippen molar-refractivity contribution >= 4 is 27.5 Å². The normalized spacial score (nSPS) is 10.6. The van der Waals surface area contributed by atoms with Crippen molar-refractivity contribution in [3.63, 3.8) is 0 Å². The van der Waals surface area contributed by atoms with E-state index in [-0.39, 0.29) is 10.0 Å². The van der Waals surface area contributed by atoms with Gasteiger partial charge < -0.3 is 10.1 Å². The summed E-state index contributed by atoms with van der Waals surface area (Å²) < 4.78 is 20.1. The van der Waals surface area contributed by atoms with Gasteiger partial charge in [0.2, 0.25) is 0 Å². The average molecular weight is 342 g/mol. The molecular formula is C13H13BrFN3O2. The highest BCUT2D eigenvalue weighted by Gasteiger charge is 2.13. The summed E-state index contributed by atoms with van der Waals surface area (Å²) in [5, 5.41) is 6.74. The van der Waals surface area contributed by atoms with Gasteiger partial charge in [-0.1, -0.05) is 6.07 Å². The number of hydrogen-bond acceptors (Lipinski definition) is 3. The van der Waals surface area contributed by atoms with E-state index in [2.05, 4.69) is 26.3 Å². The fraction of sp³-hybridized carbons (Fsp3) is 0.231. The Kier molecular flexibility index (Phi) is 4.86. The molecule has 0 aliphatic carbocycles. The van der Waals surface area contributed by atoms with E-state index in [0.717, 1.165) is 0 Å². The summed E-state index contributed by atoms with van der Waals surface area (Å²) in [4.78, 5) is 12.0. The van der Waals surface area contributed by atoms with Gasteiger partial charge in [-0.15, -0.1) is 0 Å². The van der Waals surface area contributed by atoms with E-state index in [9.17, 15) is 9.18 Å². The van der Waals surface area contributed by atoms with Gasteiger partial charge in [-0.05, 0) is 28.1 Å². The number of carbonyl (C=O) groups is 1. The van der Waals surface area contributed by atoms with E-state index in [1.807, 2.05) is 0 Å². The summed E-state index contributed by atoms with van der Waals surface area (Å²) in [6.07, 6.45) is 3.21. The van der Waals surface area contributed by atoms with Crippen LogP contribution < -0.4 is 5.32 Å². The molecular weight excluding hydrogens is 329 g/mol. The molecule has 5 nitrogen and oxygen atoms in total. The molecule has 0 aliphatic rings. The van der Waals surface area contributed by atoms with Crippen LogP contribution in [0.3, 0.4) is 0 Å². The summed E-state index contributed by atoms with van der Waals surface area (Å²) >= 11 is 3.06. The number of ether oxygens (including phenoxy) is 1. The summed E-state index contributed by atoms with van der Waals surface area (Å²) in [7, 11) is 1.60. The molecule has 20 heavy (non-hydrogen) atoms. The highest BCUT2D eigenvalue weighted by molar-refractivity contribution is 9.10. The Labute approximate surface area is 123 Å². The van der Waals surface area contributed by atoms with E-state index in [4.69, 9.17) is 4.74 Å². The molecule has 0 saturated carbocycles. The van der Waals surface area contributed by atoms with Crippen LogP contribution in [0.2, 0.25) is 0 Å². The van der Waals surface area contributed by atoms with Crippen LogP contribution in [0.15, 0.2) is 35.1 Å². The van der Waals surface area contributed by atoms with E-state index in [0.29, 0.717) is 18.8 Å². The molecule has 0 spiro atoms. The number of amides is 1. The lowest BCUT2D eigenvalue weighted by Gasteiger charge is -2.05. The molecule has 106 valence electrons. The van der Waals surface area contributed by atoms with Crippen molar-refractivity contribution in [2.24, 2.45) is 0 Å². The Morgan fingerprint density at radius 2 is 2.35 bits per heavy atom. The first-order valence-electron chi connectivity index (χ1n) is 5.88. The van der Waals surface area contributed by atoms with Crippen molar-refractivity contribution in [1.29, 1.82) is 0 Å². The van der Waals surface area contributed by atoms with Crippen LogP contribution in [0.4, 0.5) is 10.1 Å². The average Bonchev–Trinajstić information content (AvgIpc) is 2.87. The number of benzene rings is 1. The van der Waals surface area contributed by atoms with Crippen molar-refractivity contribution in [3.05, 3.63) is 46.4 Å². The lowest BCUT2D eigenvalue weighted by Crippen LogP contribution is -2.12. The first-order chi connectivity index (χ1) is 9.61. The quantitative estimate of drug-likeness (QED) is 0.909. The molecule has 1 heterocycles. The fourth-order valence-corrected chi connectivity index (χ4v) is 2.06. The molecule has 0 radical (unpaired) electrons. The molecule has 0 bridgehead atoms. The van der Waals surface area contributed by atoms with Crippen LogP contribution in [-0.2, 0) is 11.3 Å². The predicted molar refractivity (Wildman–Crippen MR) is 76.2 cm³/mol. The van der Waals surface area contributed by atoms with Crippen LogP contribution in [0.5, 0.6) is 0 Å². The van der Waals surface area contributed by atoms with Gasteiger partial charge in [-0.25, -0.2) is 4.39 Å². The lowest BCUT2D eigenvalue weighted by atomic mass is 10.2. The minimum atomic E-state index is -0.478. The molecule has 2 rings (SSSR count). The van der Waals surface area contributed by atoms with E-state index in [1.54, 1.807) is 18.0 Å². The fourth-order valence-electron chi connectivity index (χ4n) is 1.61. The van der Waals surface area contributed by atoms with E-state index >= 15 is 0 Å². The lowest BCUT2D eigenvalue weighted by molar-refractivity contribution is 0.102. The number of halogens is 2. The van der Waals surface area contributed by atoms with Gasteiger partial charge >= 0.3 is 0 Å². The molecule has 2 aromatic rings. The van der Waals surface area contributed by atoms with E-state index in [1.165, 1.54) is 24.4 Å². The third-order valence-corrected chi connectivity index (χ3v) is 3.42. The first-order valence-corrected chi connectivity index (χ1v) is 6.68. The minimum Gasteiger partial charge on any atom is -0.383 e. The van der Waals surface area contributed by atoms with Crippen molar-refractivity contribution in [2.75, 3.05) is 19.0 Å². The Hall–Kier alpha value is -1.73. The van der Waals surface area contributed by atoms with Crippen LogP contribution in [0.1, 0.15) is 10.4 Å². The SMILES string of the molecule is COCCn1cc(NC(=O)c2cccc(F)c2Br)cn1. The Bertz CT molecular complexity index is 615. The zero-order valence-electron chi connectivity index (χ0n) is 10.8. The molecule has 0 unspecified atom stereocenters. The van der Waals surface area contributed by atoms with Crippen molar-refractivity contribution < 1.29 is 13.9 Å². The van der Waals surface area contributed by atoms with Crippen molar-refractivity contribution in [2.45, 2.75) is 6.54 Å². The van der Waals surface area contributed by atoms with Gasteiger partial charge in [-0.2, -0.15) is 5.10 Å². The Morgan fingerprint density at radius 1 is 1.55 bits per heavy atom. The van der Waals surface area contributed by atoms with Gasteiger partial charge in [0, 0.05) is 13.3 Å². The van der Waals surface area contributed by atoms with Crippen molar-refractivity contribution in [1.82, 2.24) is 9.78 Å². The number of nitrogens with zero attached hydrogens (tertiary/aromatic N) is 2. The van der Waals surface area contributed by atoms with Crippen LogP contribution in [0.25, 0.3) is 0 Å². The molecule has 0 fully saturated rings. The first kappa shape index (κ1) is 14.7. The number of aromatic nitrogens is 2. The Balaban J connectivity index is 2.07. The molecule has 1 amide bonds. The number of nitrogens with one attached hydrogen (secondary N) is 1. The monoisotopic (exact) mass is 341 g/mol. The third-order valence-electron chi connectivity index (χ3n) is 2.61. The molecule has 1 aromatic carbocycles. The Morgan fingerprint density at radius 3 is 3.10 bits per heavy atom. The second-order valence-corrected chi connectivity index (χ2v) is 4.83. The summed E-state index contributed by atoms with van der Waals surface area (Å²) in [5.41, 5.74) is 0.775. The summed E-state index contributed by atoms with van der Waals surface area (Å²) in [6.45, 7) is 1.13. The number of rotatable bonds is 5. The smallest absolute Gasteiger partial charge is 0.257 e. The molecule has 1 aromatic heterocycles. The standard InChI is InChI=1S/C13H13BrFN3O2/c1-20-6-5-18-8-9(7-16-18)17-13(19)10-3-2-4-11(15)12(10)14/h2-4,7-8H,5-6H2,1H3,(H,17,19). The number of methoxy groups -OCH3 is 1. The second kappa shape index (κ2) is 6.62. The number of anilines is 1. The van der Waals surface area contributed by atoms with Crippen LogP contribution in [-0.4, -0.2) is 29.4 Å². The molecule has 1 N–H and O–H groups in total. The maximum absolute atomic E-state index is 13.4. The van der Waals surface area contributed by atoms with Gasteiger partial charge in [0.05, 0.1) is 35.1 Å². The highest BCUT2D eigenvalue weighted by atomic mass is 79.9. The van der Waals surface area contributed by atoms with Crippen molar-refractivity contribution in [3.8, 4) is 0 Å². The largest absolute Gasteiger partial charge is 0.383 e. The zero-order valence-corrected chi connectivity index (χ0v) is 12.4. The molecule has 7 heteroatoms. The van der Waals surface area contributed by atoms with Crippen LogP contribution >= 0.6 is 15.9 Å². The minimum absolute atomic E-state index is 0.143. The molecule has 0 aliphatic heterocycles. The van der Waals surface area contributed by atoms with Crippen LogP contribution in [0, 0.1) is 5.82 Å². The summed E-state index contributed by atoms with van der Waals surface area (Å²) in [6, 6.07) is 4.30.